The first-order valence-electron chi connectivity index (χ1n) is 4.60. The van der Waals surface area contributed by atoms with E-state index in [4.69, 9.17) is 5.73 Å². The summed E-state index contributed by atoms with van der Waals surface area (Å²) in [5.74, 6) is 0.0734. The maximum atomic E-state index is 11.1. The van der Waals surface area contributed by atoms with Gasteiger partial charge in [0, 0.05) is 19.2 Å². The molecule has 0 saturated heterocycles. The van der Waals surface area contributed by atoms with Crippen molar-refractivity contribution < 1.29 is 4.79 Å². The van der Waals surface area contributed by atoms with Crippen LogP contribution in [-0.2, 0) is 11.2 Å². The molecule has 0 aliphatic carbocycles. The molecule has 1 aliphatic heterocycles. The Balaban J connectivity index is 2.46. The third-order valence-electron chi connectivity index (χ3n) is 2.44. The summed E-state index contributed by atoms with van der Waals surface area (Å²) < 4.78 is 0. The van der Waals surface area contributed by atoms with E-state index in [0.717, 1.165) is 29.0 Å². The van der Waals surface area contributed by atoms with Crippen LogP contribution < -0.4 is 16.4 Å². The number of benzene rings is 1. The summed E-state index contributed by atoms with van der Waals surface area (Å²) in [6.45, 7) is 0. The minimum Gasteiger partial charge on any atom is -0.397 e. The zero-order valence-corrected chi connectivity index (χ0v) is 8.05. The summed E-state index contributed by atoms with van der Waals surface area (Å²) >= 11 is 0. The van der Waals surface area contributed by atoms with Crippen molar-refractivity contribution in [3.63, 3.8) is 0 Å². The fraction of sp³-hybridized carbons (Fsp3) is 0.300. The van der Waals surface area contributed by atoms with Gasteiger partial charge in [0.15, 0.2) is 0 Å². The minimum atomic E-state index is 0.0734. The van der Waals surface area contributed by atoms with E-state index in [1.54, 1.807) is 0 Å². The van der Waals surface area contributed by atoms with Crippen LogP contribution >= 0.6 is 0 Å². The molecule has 4 nitrogen and oxygen atoms in total. The van der Waals surface area contributed by atoms with E-state index in [1.165, 1.54) is 0 Å². The Morgan fingerprint density at radius 3 is 2.93 bits per heavy atom. The lowest BCUT2D eigenvalue weighted by Gasteiger charge is -2.18. The van der Waals surface area contributed by atoms with Gasteiger partial charge in [-0.2, -0.15) is 0 Å². The molecule has 0 unspecified atom stereocenters. The van der Waals surface area contributed by atoms with Crippen LogP contribution in [0.15, 0.2) is 12.1 Å². The van der Waals surface area contributed by atoms with Crippen LogP contribution in [0.2, 0.25) is 0 Å². The maximum absolute atomic E-state index is 11.1. The lowest BCUT2D eigenvalue weighted by molar-refractivity contribution is -0.116. The summed E-state index contributed by atoms with van der Waals surface area (Å²) in [6, 6.07) is 3.79. The number of aryl methyl sites for hydroxylation is 1. The molecule has 0 radical (unpaired) electrons. The van der Waals surface area contributed by atoms with Gasteiger partial charge in [-0.1, -0.05) is 0 Å². The molecule has 1 aromatic rings. The van der Waals surface area contributed by atoms with Crippen molar-refractivity contribution in [2.75, 3.05) is 23.4 Å². The second kappa shape index (κ2) is 3.21. The Morgan fingerprint density at radius 2 is 2.21 bits per heavy atom. The van der Waals surface area contributed by atoms with Crippen molar-refractivity contribution in [3.8, 4) is 0 Å². The zero-order valence-electron chi connectivity index (χ0n) is 8.05. The van der Waals surface area contributed by atoms with Gasteiger partial charge in [-0.25, -0.2) is 0 Å². The number of rotatable bonds is 1. The van der Waals surface area contributed by atoms with Gasteiger partial charge in [0.05, 0.1) is 11.4 Å². The van der Waals surface area contributed by atoms with Crippen molar-refractivity contribution in [1.29, 1.82) is 0 Å². The number of hydrogen-bond acceptors (Lipinski definition) is 3. The van der Waals surface area contributed by atoms with Crippen LogP contribution in [0.4, 0.5) is 17.1 Å². The Labute approximate surface area is 82.5 Å². The lowest BCUT2D eigenvalue weighted by Crippen LogP contribution is -2.19. The molecule has 1 aliphatic rings. The number of nitrogens with one attached hydrogen (secondary N) is 2. The SMILES string of the molecule is CNc1cc2c(cc1N)CCC(=O)N2. The van der Waals surface area contributed by atoms with Gasteiger partial charge in [-0.3, -0.25) is 4.79 Å². The number of hydrogen-bond donors (Lipinski definition) is 3. The molecule has 1 amide bonds. The summed E-state index contributed by atoms with van der Waals surface area (Å²) in [4.78, 5) is 11.1. The molecule has 2 rings (SSSR count). The molecule has 1 heterocycles. The van der Waals surface area contributed by atoms with E-state index >= 15 is 0 Å². The molecule has 0 atom stereocenters. The average molecular weight is 191 g/mol. The summed E-state index contributed by atoms with van der Waals surface area (Å²) in [5.41, 5.74) is 9.38. The fourth-order valence-electron chi connectivity index (χ4n) is 1.66. The quantitative estimate of drug-likeness (QED) is 0.584. The van der Waals surface area contributed by atoms with Crippen LogP contribution in [0.3, 0.4) is 0 Å². The Bertz CT molecular complexity index is 387. The van der Waals surface area contributed by atoms with Crippen LogP contribution in [0.1, 0.15) is 12.0 Å². The molecule has 0 fully saturated rings. The number of nitrogens with two attached hydrogens (primary N) is 1. The second-order valence-electron chi connectivity index (χ2n) is 3.39. The molecular weight excluding hydrogens is 178 g/mol. The van der Waals surface area contributed by atoms with Gasteiger partial charge in [0.1, 0.15) is 0 Å². The number of carbonyl (C=O) groups excluding carboxylic acids is 1. The lowest BCUT2D eigenvalue weighted by atomic mass is 10.0. The normalized spacial score (nSPS) is 14.5. The molecule has 0 bridgehead atoms. The molecule has 0 saturated carbocycles. The van der Waals surface area contributed by atoms with Gasteiger partial charge in [0.2, 0.25) is 5.91 Å². The summed E-state index contributed by atoms with van der Waals surface area (Å²) in [7, 11) is 1.81. The van der Waals surface area contributed by atoms with E-state index in [1.807, 2.05) is 19.2 Å². The van der Waals surface area contributed by atoms with E-state index < -0.39 is 0 Å². The monoisotopic (exact) mass is 191 g/mol. The van der Waals surface area contributed by atoms with Gasteiger partial charge in [0.25, 0.3) is 0 Å². The number of fused-ring (bicyclic) bond motifs is 1. The van der Waals surface area contributed by atoms with Crippen LogP contribution in [0.5, 0.6) is 0 Å². The van der Waals surface area contributed by atoms with Crippen LogP contribution in [-0.4, -0.2) is 13.0 Å². The molecule has 4 N–H and O–H groups in total. The topological polar surface area (TPSA) is 67.1 Å². The van der Waals surface area contributed by atoms with Gasteiger partial charge in [-0.15, -0.1) is 0 Å². The van der Waals surface area contributed by atoms with E-state index in [9.17, 15) is 4.79 Å². The molecule has 74 valence electrons. The van der Waals surface area contributed by atoms with E-state index in [-0.39, 0.29) is 5.91 Å². The Kier molecular flexibility index (Phi) is 2.04. The van der Waals surface area contributed by atoms with Gasteiger partial charge in [-0.05, 0) is 24.1 Å². The van der Waals surface area contributed by atoms with Crippen LogP contribution in [0.25, 0.3) is 0 Å². The number of nitrogen functional groups attached to an aromatic ring is 1. The molecule has 14 heavy (non-hydrogen) atoms. The summed E-state index contributed by atoms with van der Waals surface area (Å²) in [6.07, 6.45) is 1.32. The second-order valence-corrected chi connectivity index (χ2v) is 3.39. The van der Waals surface area contributed by atoms with Crippen molar-refractivity contribution in [2.45, 2.75) is 12.8 Å². The van der Waals surface area contributed by atoms with E-state index in [2.05, 4.69) is 10.6 Å². The van der Waals surface area contributed by atoms with Gasteiger partial charge >= 0.3 is 0 Å². The average Bonchev–Trinajstić information content (AvgIpc) is 2.17. The predicted octanol–water partition coefficient (Wildman–Crippen LogP) is 1.20. The first-order valence-corrected chi connectivity index (χ1v) is 4.60. The fourth-order valence-corrected chi connectivity index (χ4v) is 1.66. The third kappa shape index (κ3) is 1.39. The minimum absolute atomic E-state index is 0.0734. The number of carbonyl (C=O) groups is 1. The van der Waals surface area contributed by atoms with E-state index in [0.29, 0.717) is 6.42 Å². The van der Waals surface area contributed by atoms with Gasteiger partial charge < -0.3 is 16.4 Å². The highest BCUT2D eigenvalue weighted by molar-refractivity contribution is 5.95. The van der Waals surface area contributed by atoms with Crippen LogP contribution in [0, 0.1) is 0 Å². The largest absolute Gasteiger partial charge is 0.397 e. The Morgan fingerprint density at radius 1 is 1.43 bits per heavy atom. The maximum Gasteiger partial charge on any atom is 0.224 e. The first-order chi connectivity index (χ1) is 6.70. The standard InChI is InChI=1S/C10H13N3O/c1-12-9-5-8-6(4-7(9)11)2-3-10(14)13-8/h4-5,12H,2-3,11H2,1H3,(H,13,14). The van der Waals surface area contributed by atoms with Crippen molar-refractivity contribution in [1.82, 2.24) is 0 Å². The predicted molar refractivity (Wildman–Crippen MR) is 57.4 cm³/mol. The highest BCUT2D eigenvalue weighted by Gasteiger charge is 2.15. The molecule has 4 heteroatoms. The molecule has 0 spiro atoms. The number of anilines is 3. The third-order valence-corrected chi connectivity index (χ3v) is 2.44. The smallest absolute Gasteiger partial charge is 0.224 e. The zero-order chi connectivity index (χ0) is 10.1. The first kappa shape index (κ1) is 8.87. The van der Waals surface area contributed by atoms with Crippen molar-refractivity contribution in [3.05, 3.63) is 17.7 Å². The highest BCUT2D eigenvalue weighted by atomic mass is 16.1. The van der Waals surface area contributed by atoms with Crippen molar-refractivity contribution in [2.24, 2.45) is 0 Å². The Hall–Kier alpha value is -1.71. The van der Waals surface area contributed by atoms with Crippen molar-refractivity contribution >= 4 is 23.0 Å². The molecule has 0 aromatic heterocycles. The summed E-state index contributed by atoms with van der Waals surface area (Å²) in [5, 5.41) is 5.81. The molecular formula is C10H13N3O. The molecule has 1 aromatic carbocycles. The number of amides is 1. The highest BCUT2D eigenvalue weighted by Crippen LogP contribution is 2.30.